The molecule has 0 spiro atoms. The Bertz CT molecular complexity index is 354. The van der Waals surface area contributed by atoms with E-state index in [1.54, 1.807) is 0 Å². The van der Waals surface area contributed by atoms with Gasteiger partial charge >= 0.3 is 0 Å². The third kappa shape index (κ3) is 1.28. The zero-order valence-electron chi connectivity index (χ0n) is 8.20. The van der Waals surface area contributed by atoms with Crippen molar-refractivity contribution in [2.75, 3.05) is 5.75 Å². The Hall–Kier alpha value is -0.480. The SMILES string of the molecule is NCc1nn(C2CC2)c2c1CSCC2. The monoisotopic (exact) mass is 209 g/mol. The zero-order chi connectivity index (χ0) is 9.54. The molecule has 1 aliphatic carbocycles. The number of aromatic nitrogens is 2. The van der Waals surface area contributed by atoms with E-state index in [4.69, 9.17) is 5.73 Å². The van der Waals surface area contributed by atoms with E-state index in [-0.39, 0.29) is 0 Å². The lowest BCUT2D eigenvalue weighted by Crippen LogP contribution is -2.08. The minimum Gasteiger partial charge on any atom is -0.325 e. The lowest BCUT2D eigenvalue weighted by molar-refractivity contribution is 0.600. The van der Waals surface area contributed by atoms with E-state index in [2.05, 4.69) is 9.78 Å². The number of fused-ring (bicyclic) bond motifs is 1. The molecule has 0 unspecified atom stereocenters. The summed E-state index contributed by atoms with van der Waals surface area (Å²) in [4.78, 5) is 0. The van der Waals surface area contributed by atoms with E-state index in [1.165, 1.54) is 36.3 Å². The second kappa shape index (κ2) is 3.28. The van der Waals surface area contributed by atoms with Gasteiger partial charge in [0.15, 0.2) is 0 Å². The Morgan fingerprint density at radius 2 is 2.36 bits per heavy atom. The van der Waals surface area contributed by atoms with Crippen LogP contribution >= 0.6 is 11.8 Å². The van der Waals surface area contributed by atoms with Crippen LogP contribution in [0.25, 0.3) is 0 Å². The van der Waals surface area contributed by atoms with Crippen molar-refractivity contribution in [3.8, 4) is 0 Å². The smallest absolute Gasteiger partial charge is 0.0803 e. The molecule has 2 aliphatic rings. The first kappa shape index (κ1) is 8.80. The quantitative estimate of drug-likeness (QED) is 0.802. The van der Waals surface area contributed by atoms with Gasteiger partial charge in [-0.3, -0.25) is 4.68 Å². The fraction of sp³-hybridized carbons (Fsp3) is 0.700. The number of thioether (sulfide) groups is 1. The highest BCUT2D eigenvalue weighted by Gasteiger charge is 2.30. The zero-order valence-corrected chi connectivity index (χ0v) is 9.02. The van der Waals surface area contributed by atoms with Gasteiger partial charge in [-0.15, -0.1) is 0 Å². The molecule has 1 aromatic heterocycles. The van der Waals surface area contributed by atoms with E-state index in [0.29, 0.717) is 12.6 Å². The molecule has 3 nitrogen and oxygen atoms in total. The first-order chi connectivity index (χ1) is 6.90. The third-order valence-corrected chi connectivity index (χ3v) is 4.00. The molecule has 1 aromatic rings. The van der Waals surface area contributed by atoms with Crippen LogP contribution in [0.5, 0.6) is 0 Å². The number of hydrogen-bond acceptors (Lipinski definition) is 3. The van der Waals surface area contributed by atoms with E-state index < -0.39 is 0 Å². The number of nitrogens with two attached hydrogens (primary N) is 1. The highest BCUT2D eigenvalue weighted by molar-refractivity contribution is 7.98. The molecular formula is C10H15N3S. The predicted molar refractivity (Wildman–Crippen MR) is 58.3 cm³/mol. The first-order valence-electron chi connectivity index (χ1n) is 5.27. The van der Waals surface area contributed by atoms with Crippen LogP contribution in [0.4, 0.5) is 0 Å². The Morgan fingerprint density at radius 1 is 1.50 bits per heavy atom. The van der Waals surface area contributed by atoms with Gasteiger partial charge in [-0.2, -0.15) is 16.9 Å². The van der Waals surface area contributed by atoms with E-state index >= 15 is 0 Å². The fourth-order valence-electron chi connectivity index (χ4n) is 2.12. The average Bonchev–Trinajstić information content (AvgIpc) is 3.00. The minimum absolute atomic E-state index is 0.600. The first-order valence-corrected chi connectivity index (χ1v) is 6.42. The van der Waals surface area contributed by atoms with E-state index in [9.17, 15) is 0 Å². The van der Waals surface area contributed by atoms with Gasteiger partial charge in [0.25, 0.3) is 0 Å². The molecule has 0 atom stereocenters. The molecule has 0 bridgehead atoms. The van der Waals surface area contributed by atoms with Gasteiger partial charge in [-0.25, -0.2) is 0 Å². The van der Waals surface area contributed by atoms with Crippen molar-refractivity contribution in [1.82, 2.24) is 9.78 Å². The third-order valence-electron chi connectivity index (χ3n) is 3.02. The summed E-state index contributed by atoms with van der Waals surface area (Å²) in [7, 11) is 0. The Balaban J connectivity index is 2.07. The molecule has 1 fully saturated rings. The van der Waals surface area contributed by atoms with Crippen LogP contribution in [0.2, 0.25) is 0 Å². The molecule has 0 saturated heterocycles. The van der Waals surface area contributed by atoms with Crippen molar-refractivity contribution in [3.05, 3.63) is 17.0 Å². The summed E-state index contributed by atoms with van der Waals surface area (Å²) >= 11 is 2.00. The van der Waals surface area contributed by atoms with Gasteiger partial charge in [0.1, 0.15) is 0 Å². The molecule has 0 amide bonds. The van der Waals surface area contributed by atoms with Crippen molar-refractivity contribution < 1.29 is 0 Å². The van der Waals surface area contributed by atoms with Gasteiger partial charge in [-0.1, -0.05) is 0 Å². The molecule has 1 aliphatic heterocycles. The molecule has 1 saturated carbocycles. The van der Waals surface area contributed by atoms with Crippen LogP contribution in [0, 0.1) is 0 Å². The predicted octanol–water partition coefficient (Wildman–Crippen LogP) is 1.47. The molecule has 0 aromatic carbocycles. The number of hydrogen-bond donors (Lipinski definition) is 1. The maximum Gasteiger partial charge on any atom is 0.0803 e. The summed E-state index contributed by atoms with van der Waals surface area (Å²) in [5, 5.41) is 4.65. The van der Waals surface area contributed by atoms with Crippen LogP contribution in [-0.2, 0) is 18.7 Å². The number of rotatable bonds is 2. The van der Waals surface area contributed by atoms with E-state index in [0.717, 1.165) is 11.4 Å². The molecule has 2 heterocycles. The normalized spacial score (nSPS) is 20.9. The summed E-state index contributed by atoms with van der Waals surface area (Å²) in [6, 6.07) is 0.701. The molecule has 76 valence electrons. The fourth-order valence-corrected chi connectivity index (χ4v) is 3.14. The summed E-state index contributed by atoms with van der Waals surface area (Å²) in [5.74, 6) is 2.37. The molecular weight excluding hydrogens is 194 g/mol. The maximum atomic E-state index is 5.72. The van der Waals surface area contributed by atoms with Crippen molar-refractivity contribution in [2.45, 2.75) is 37.6 Å². The maximum absolute atomic E-state index is 5.72. The molecule has 2 N–H and O–H groups in total. The van der Waals surface area contributed by atoms with Crippen molar-refractivity contribution in [3.63, 3.8) is 0 Å². The summed E-state index contributed by atoms with van der Waals surface area (Å²) < 4.78 is 2.26. The standard InChI is InChI=1S/C10H15N3S/c11-5-9-8-6-14-4-3-10(8)13(12-9)7-1-2-7/h7H,1-6,11H2. The van der Waals surface area contributed by atoms with Crippen molar-refractivity contribution in [1.29, 1.82) is 0 Å². The van der Waals surface area contributed by atoms with Gasteiger partial charge in [0.05, 0.1) is 11.7 Å². The minimum atomic E-state index is 0.600. The van der Waals surface area contributed by atoms with E-state index in [1.807, 2.05) is 11.8 Å². The van der Waals surface area contributed by atoms with Crippen molar-refractivity contribution >= 4 is 11.8 Å². The molecule has 14 heavy (non-hydrogen) atoms. The Labute approximate surface area is 88.0 Å². The van der Waals surface area contributed by atoms with Crippen LogP contribution in [-0.4, -0.2) is 15.5 Å². The largest absolute Gasteiger partial charge is 0.325 e. The van der Waals surface area contributed by atoms with Crippen LogP contribution < -0.4 is 5.73 Å². The van der Waals surface area contributed by atoms with Gasteiger partial charge in [0, 0.05) is 23.6 Å². The topological polar surface area (TPSA) is 43.8 Å². The molecule has 0 radical (unpaired) electrons. The van der Waals surface area contributed by atoms with Crippen LogP contribution in [0.3, 0.4) is 0 Å². The highest BCUT2D eigenvalue weighted by Crippen LogP contribution is 2.38. The van der Waals surface area contributed by atoms with Gasteiger partial charge in [0.2, 0.25) is 0 Å². The summed E-state index contributed by atoms with van der Waals surface area (Å²) in [6.07, 6.45) is 3.81. The average molecular weight is 209 g/mol. The number of nitrogens with zero attached hydrogens (tertiary/aromatic N) is 2. The van der Waals surface area contributed by atoms with Gasteiger partial charge in [-0.05, 0) is 25.0 Å². The van der Waals surface area contributed by atoms with Crippen LogP contribution in [0.1, 0.15) is 35.8 Å². The summed E-state index contributed by atoms with van der Waals surface area (Å²) in [6.45, 7) is 0.600. The Kier molecular flexibility index (Phi) is 2.06. The lowest BCUT2D eigenvalue weighted by atomic mass is 10.1. The second-order valence-electron chi connectivity index (χ2n) is 4.05. The van der Waals surface area contributed by atoms with Crippen LogP contribution in [0.15, 0.2) is 0 Å². The molecule has 4 heteroatoms. The Morgan fingerprint density at radius 3 is 3.07 bits per heavy atom. The van der Waals surface area contributed by atoms with Crippen molar-refractivity contribution in [2.24, 2.45) is 5.73 Å². The second-order valence-corrected chi connectivity index (χ2v) is 5.16. The molecule has 3 rings (SSSR count). The van der Waals surface area contributed by atoms with Gasteiger partial charge < -0.3 is 5.73 Å². The lowest BCUT2D eigenvalue weighted by Gasteiger charge is -2.13. The highest BCUT2D eigenvalue weighted by atomic mass is 32.2. The summed E-state index contributed by atoms with van der Waals surface area (Å²) in [5.41, 5.74) is 9.78.